The lowest BCUT2D eigenvalue weighted by atomic mass is 9.73. The topological polar surface area (TPSA) is 79.2 Å². The molecule has 21 heavy (non-hydrogen) atoms. The molecular weight excluding hydrogens is 274 g/mol. The van der Waals surface area contributed by atoms with Gasteiger partial charge in [0.1, 0.15) is 12.2 Å². The first-order chi connectivity index (χ1) is 9.92. The van der Waals surface area contributed by atoms with E-state index in [4.69, 9.17) is 9.47 Å². The summed E-state index contributed by atoms with van der Waals surface area (Å²) in [6, 6.07) is 0. The van der Waals surface area contributed by atoms with Crippen molar-refractivity contribution in [1.29, 1.82) is 0 Å². The van der Waals surface area contributed by atoms with Crippen LogP contribution in [0.4, 0.5) is 0 Å². The third-order valence-electron chi connectivity index (χ3n) is 5.32. The SMILES string of the molecule is CCN1C(=O)/C2=C3\CO[C@@](OC)([C@@H](O)CCC[C@]21C)[C@H]3O. The van der Waals surface area contributed by atoms with Crippen LogP contribution in [0.5, 0.6) is 0 Å². The number of carbonyl (C=O) groups is 1. The summed E-state index contributed by atoms with van der Waals surface area (Å²) in [5.74, 6) is -1.48. The summed E-state index contributed by atoms with van der Waals surface area (Å²) in [6.07, 6.45) is -0.0453. The second kappa shape index (κ2) is 4.78. The average molecular weight is 297 g/mol. The van der Waals surface area contributed by atoms with Crippen LogP contribution in [0, 0.1) is 0 Å². The van der Waals surface area contributed by atoms with E-state index in [-0.39, 0.29) is 18.1 Å². The molecule has 1 amide bonds. The second-order valence-corrected chi connectivity index (χ2v) is 6.25. The van der Waals surface area contributed by atoms with Gasteiger partial charge in [-0.15, -0.1) is 0 Å². The number of carbonyl (C=O) groups excluding carboxylic acids is 1. The number of aliphatic hydroxyl groups is 2. The van der Waals surface area contributed by atoms with Gasteiger partial charge in [-0.1, -0.05) is 0 Å². The first-order valence-electron chi connectivity index (χ1n) is 7.53. The molecule has 118 valence electrons. The Kier molecular flexibility index (Phi) is 3.40. The zero-order valence-electron chi connectivity index (χ0n) is 12.8. The number of nitrogens with zero attached hydrogens (tertiary/aromatic N) is 1. The van der Waals surface area contributed by atoms with Gasteiger partial charge in [-0.05, 0) is 33.1 Å². The lowest BCUT2D eigenvalue weighted by Crippen LogP contribution is -2.64. The Hall–Kier alpha value is -0.950. The molecule has 0 aromatic rings. The third kappa shape index (κ3) is 1.70. The number of hydrogen-bond acceptors (Lipinski definition) is 5. The smallest absolute Gasteiger partial charge is 0.253 e. The lowest BCUT2D eigenvalue weighted by Gasteiger charge is -2.53. The van der Waals surface area contributed by atoms with Crippen LogP contribution in [-0.4, -0.2) is 64.8 Å². The summed E-state index contributed by atoms with van der Waals surface area (Å²) in [5, 5.41) is 21.0. The number of likely N-dealkylation sites (N-methyl/N-ethyl adjacent to an activating group) is 1. The van der Waals surface area contributed by atoms with Crippen LogP contribution < -0.4 is 0 Å². The molecule has 0 unspecified atom stereocenters. The van der Waals surface area contributed by atoms with Crippen LogP contribution in [0.1, 0.15) is 33.1 Å². The molecule has 3 aliphatic rings. The number of hydrogen-bond donors (Lipinski definition) is 2. The van der Waals surface area contributed by atoms with Gasteiger partial charge in [-0.25, -0.2) is 0 Å². The van der Waals surface area contributed by atoms with Crippen molar-refractivity contribution in [3.63, 3.8) is 0 Å². The zero-order valence-corrected chi connectivity index (χ0v) is 12.8. The maximum Gasteiger partial charge on any atom is 0.253 e. The molecule has 6 nitrogen and oxygen atoms in total. The normalized spacial score (nSPS) is 46.5. The van der Waals surface area contributed by atoms with Gasteiger partial charge in [0.25, 0.3) is 5.91 Å². The Morgan fingerprint density at radius 3 is 2.81 bits per heavy atom. The van der Waals surface area contributed by atoms with E-state index in [1.165, 1.54) is 7.11 Å². The summed E-state index contributed by atoms with van der Waals surface area (Å²) >= 11 is 0. The van der Waals surface area contributed by atoms with E-state index in [9.17, 15) is 15.0 Å². The molecule has 0 spiro atoms. The van der Waals surface area contributed by atoms with Gasteiger partial charge in [-0.2, -0.15) is 0 Å². The molecule has 2 fully saturated rings. The van der Waals surface area contributed by atoms with E-state index in [0.29, 0.717) is 24.1 Å². The van der Waals surface area contributed by atoms with E-state index in [0.717, 1.165) is 12.8 Å². The van der Waals surface area contributed by atoms with Crippen molar-refractivity contribution in [1.82, 2.24) is 4.90 Å². The molecule has 2 N–H and O–H groups in total. The standard InChI is InChI=1S/C15H23NO5/c1-4-16-13(19)11-9-8-21-15(20-3,12(9)18)10(17)6-5-7-14(11,16)2/h10,12,17-18H,4-8H2,1-3H3/b11-9-/t10-,12-,14+,15-/m0/s1. The van der Waals surface area contributed by atoms with Crippen LogP contribution >= 0.6 is 0 Å². The fourth-order valence-corrected chi connectivity index (χ4v) is 4.13. The van der Waals surface area contributed by atoms with Crippen molar-refractivity contribution in [3.8, 4) is 0 Å². The molecule has 2 bridgehead atoms. The van der Waals surface area contributed by atoms with Gasteiger partial charge in [-0.3, -0.25) is 4.79 Å². The van der Waals surface area contributed by atoms with Crippen LogP contribution in [-0.2, 0) is 14.3 Å². The zero-order chi connectivity index (χ0) is 15.4. The molecule has 0 aromatic heterocycles. The minimum Gasteiger partial charge on any atom is -0.387 e. The van der Waals surface area contributed by atoms with Gasteiger partial charge in [0.2, 0.25) is 5.79 Å². The Bertz CT molecular complexity index is 504. The molecule has 2 saturated heterocycles. The van der Waals surface area contributed by atoms with Crippen LogP contribution in [0.3, 0.4) is 0 Å². The lowest BCUT2D eigenvalue weighted by molar-refractivity contribution is -0.279. The van der Waals surface area contributed by atoms with Gasteiger partial charge in [0.05, 0.1) is 12.1 Å². The fourth-order valence-electron chi connectivity index (χ4n) is 4.13. The van der Waals surface area contributed by atoms with E-state index >= 15 is 0 Å². The molecule has 6 heteroatoms. The molecule has 0 saturated carbocycles. The molecule has 3 rings (SSSR count). The Balaban J connectivity index is 2.10. The van der Waals surface area contributed by atoms with Crippen molar-refractivity contribution in [2.24, 2.45) is 0 Å². The highest BCUT2D eigenvalue weighted by atomic mass is 16.7. The van der Waals surface area contributed by atoms with E-state index in [2.05, 4.69) is 0 Å². The largest absolute Gasteiger partial charge is 0.387 e. The van der Waals surface area contributed by atoms with Crippen LogP contribution in [0.15, 0.2) is 11.1 Å². The molecular formula is C15H23NO5. The number of methoxy groups -OCH3 is 1. The second-order valence-electron chi connectivity index (χ2n) is 6.25. The van der Waals surface area contributed by atoms with Gasteiger partial charge in [0.15, 0.2) is 0 Å². The number of amides is 1. The summed E-state index contributed by atoms with van der Waals surface area (Å²) in [6.45, 7) is 4.74. The first-order valence-corrected chi connectivity index (χ1v) is 7.53. The predicted octanol–water partition coefficient (Wildman–Crippen LogP) is 0.182. The van der Waals surface area contributed by atoms with E-state index < -0.39 is 18.0 Å². The number of rotatable bonds is 2. The van der Waals surface area contributed by atoms with Gasteiger partial charge >= 0.3 is 0 Å². The summed E-state index contributed by atoms with van der Waals surface area (Å²) < 4.78 is 11.0. The van der Waals surface area contributed by atoms with E-state index in [1.807, 2.05) is 18.7 Å². The third-order valence-corrected chi connectivity index (χ3v) is 5.32. The highest BCUT2D eigenvalue weighted by Gasteiger charge is 2.60. The Morgan fingerprint density at radius 2 is 2.19 bits per heavy atom. The summed E-state index contributed by atoms with van der Waals surface area (Å²) in [5.41, 5.74) is 0.833. The molecule has 4 atom stereocenters. The summed E-state index contributed by atoms with van der Waals surface area (Å²) in [4.78, 5) is 14.2. The predicted molar refractivity (Wildman–Crippen MR) is 74.4 cm³/mol. The van der Waals surface area contributed by atoms with Crippen molar-refractivity contribution in [3.05, 3.63) is 11.1 Å². The van der Waals surface area contributed by atoms with Crippen molar-refractivity contribution in [2.75, 3.05) is 20.3 Å². The molecule has 0 radical (unpaired) electrons. The monoisotopic (exact) mass is 297 g/mol. The van der Waals surface area contributed by atoms with E-state index in [1.54, 1.807) is 0 Å². The van der Waals surface area contributed by atoms with Crippen molar-refractivity contribution >= 4 is 5.91 Å². The first kappa shape index (κ1) is 15.0. The number of ether oxygens (including phenoxy) is 2. The number of β-lactam (4-membered cyclic amide) rings is 1. The highest BCUT2D eigenvalue weighted by molar-refractivity contribution is 6.04. The number of aliphatic hydroxyl groups excluding tert-OH is 2. The molecule has 0 aromatic carbocycles. The molecule has 2 aliphatic heterocycles. The minimum absolute atomic E-state index is 0.0408. The quantitative estimate of drug-likeness (QED) is 0.711. The molecule has 2 heterocycles. The minimum atomic E-state index is -1.44. The highest BCUT2D eigenvalue weighted by Crippen LogP contribution is 2.48. The fraction of sp³-hybridized carbons (Fsp3) is 0.800. The number of likely N-dealkylation sites (tertiary alicyclic amines) is 1. The van der Waals surface area contributed by atoms with Crippen LogP contribution in [0.2, 0.25) is 0 Å². The van der Waals surface area contributed by atoms with Gasteiger partial charge < -0.3 is 24.6 Å². The number of fused-ring (bicyclic) bond motifs is 3. The maximum atomic E-state index is 12.4. The summed E-state index contributed by atoms with van der Waals surface area (Å²) in [7, 11) is 1.41. The van der Waals surface area contributed by atoms with Crippen molar-refractivity contribution in [2.45, 2.75) is 56.6 Å². The molecule has 1 aliphatic carbocycles. The Morgan fingerprint density at radius 1 is 1.48 bits per heavy atom. The van der Waals surface area contributed by atoms with Gasteiger partial charge in [0, 0.05) is 24.8 Å². The van der Waals surface area contributed by atoms with Crippen LogP contribution in [0.25, 0.3) is 0 Å². The van der Waals surface area contributed by atoms with Crippen molar-refractivity contribution < 1.29 is 24.5 Å². The Labute approximate surface area is 124 Å². The maximum absolute atomic E-state index is 12.4. The average Bonchev–Trinajstić information content (AvgIpc) is 2.78.